The molecule has 0 bridgehead atoms. The molecule has 0 amide bonds. The summed E-state index contributed by atoms with van der Waals surface area (Å²) in [5, 5.41) is 16.8. The van der Waals surface area contributed by atoms with Crippen molar-refractivity contribution in [2.24, 2.45) is 0 Å². The summed E-state index contributed by atoms with van der Waals surface area (Å²) in [5.74, 6) is 0.479. The van der Waals surface area contributed by atoms with Crippen LogP contribution in [0.25, 0.3) is 22.3 Å². The van der Waals surface area contributed by atoms with E-state index in [2.05, 4.69) is 20.2 Å². The summed E-state index contributed by atoms with van der Waals surface area (Å²) >= 11 is 0. The summed E-state index contributed by atoms with van der Waals surface area (Å²) in [5.41, 5.74) is 2.73. The molecule has 0 radical (unpaired) electrons. The van der Waals surface area contributed by atoms with Gasteiger partial charge in [-0.1, -0.05) is 6.07 Å². The van der Waals surface area contributed by atoms with Gasteiger partial charge in [0.15, 0.2) is 12.0 Å². The van der Waals surface area contributed by atoms with E-state index >= 15 is 0 Å². The van der Waals surface area contributed by atoms with Gasteiger partial charge in [-0.25, -0.2) is 4.79 Å². The van der Waals surface area contributed by atoms with E-state index < -0.39 is 0 Å². The molecule has 0 aliphatic rings. The molecule has 98 valence electrons. The molecule has 0 atom stereocenters. The molecule has 3 rings (SSSR count). The lowest BCUT2D eigenvalue weighted by Crippen LogP contribution is -2.10. The second-order valence-electron chi connectivity index (χ2n) is 4.28. The minimum atomic E-state index is -0.241. The zero-order valence-electron chi connectivity index (χ0n) is 10.6. The largest absolute Gasteiger partial charge is 0.323 e. The molecule has 0 saturated carbocycles. The van der Waals surface area contributed by atoms with E-state index in [-0.39, 0.29) is 5.69 Å². The summed E-state index contributed by atoms with van der Waals surface area (Å²) < 4.78 is 0. The Bertz CT molecular complexity index is 855. The van der Waals surface area contributed by atoms with Gasteiger partial charge in [0.1, 0.15) is 0 Å². The highest BCUT2D eigenvalue weighted by atomic mass is 16.1. The summed E-state index contributed by atoms with van der Waals surface area (Å²) in [4.78, 5) is 17.9. The number of aromatic nitrogens is 4. The first-order chi connectivity index (χ1) is 9.67. The number of rotatable bonds is 2. The molecule has 0 unspecified atom stereocenters. The normalized spacial score (nSPS) is 10.4. The number of H-pyrrole nitrogens is 2. The van der Waals surface area contributed by atoms with Gasteiger partial charge < -0.3 is 9.97 Å². The van der Waals surface area contributed by atoms with Crippen molar-refractivity contribution >= 4 is 16.9 Å². The third-order valence-corrected chi connectivity index (χ3v) is 2.96. The molecular formula is C13H10N6O. The highest BCUT2D eigenvalue weighted by molar-refractivity contribution is 5.80. The molecule has 0 aliphatic heterocycles. The lowest BCUT2D eigenvalue weighted by atomic mass is 10.1. The lowest BCUT2D eigenvalue weighted by Gasteiger charge is -2.07. The Kier molecular flexibility index (Phi) is 2.69. The second kappa shape index (κ2) is 4.51. The number of anilines is 1. The van der Waals surface area contributed by atoms with E-state index in [1.165, 1.54) is 4.90 Å². The first-order valence-corrected chi connectivity index (χ1v) is 5.87. The minimum Gasteiger partial charge on any atom is -0.306 e. The summed E-state index contributed by atoms with van der Waals surface area (Å²) in [6, 6.07) is 8.98. The topological polar surface area (TPSA) is 101 Å². The van der Waals surface area contributed by atoms with E-state index in [9.17, 15) is 4.79 Å². The Hall–Kier alpha value is -3.14. The molecule has 0 fully saturated rings. The number of nitrogens with one attached hydrogen (secondary N) is 2. The van der Waals surface area contributed by atoms with Crippen LogP contribution in [0.5, 0.6) is 0 Å². The molecule has 2 aromatic heterocycles. The molecule has 7 heteroatoms. The van der Waals surface area contributed by atoms with Crippen LogP contribution in [0.4, 0.5) is 5.82 Å². The molecular weight excluding hydrogens is 256 g/mol. The Balaban J connectivity index is 2.02. The predicted octanol–water partition coefficient (Wildman–Crippen LogP) is 1.23. The van der Waals surface area contributed by atoms with Crippen LogP contribution in [0.2, 0.25) is 0 Å². The van der Waals surface area contributed by atoms with Crippen molar-refractivity contribution in [1.82, 2.24) is 20.2 Å². The number of hydrogen-bond donors (Lipinski definition) is 2. The smallest absolute Gasteiger partial charge is 0.306 e. The Morgan fingerprint density at radius 2 is 1.95 bits per heavy atom. The van der Waals surface area contributed by atoms with Crippen molar-refractivity contribution in [3.63, 3.8) is 0 Å². The lowest BCUT2D eigenvalue weighted by molar-refractivity contribution is 0.994. The van der Waals surface area contributed by atoms with Crippen LogP contribution in [-0.4, -0.2) is 27.2 Å². The second-order valence-corrected chi connectivity index (χ2v) is 4.28. The van der Waals surface area contributed by atoms with Gasteiger partial charge in [-0.3, -0.25) is 4.90 Å². The number of benzene rings is 1. The third-order valence-electron chi connectivity index (χ3n) is 2.96. The zero-order chi connectivity index (χ0) is 14.1. The van der Waals surface area contributed by atoms with Crippen LogP contribution in [0.1, 0.15) is 0 Å². The number of aromatic amines is 2. The highest BCUT2D eigenvalue weighted by Gasteiger charge is 2.06. The van der Waals surface area contributed by atoms with E-state index in [1.54, 1.807) is 25.2 Å². The van der Waals surface area contributed by atoms with E-state index in [0.29, 0.717) is 17.0 Å². The van der Waals surface area contributed by atoms with Crippen LogP contribution in [0.3, 0.4) is 0 Å². The van der Waals surface area contributed by atoms with Crippen LogP contribution < -0.4 is 10.6 Å². The maximum absolute atomic E-state index is 11.2. The quantitative estimate of drug-likeness (QED) is 0.536. The number of nitriles is 1. The van der Waals surface area contributed by atoms with Crippen LogP contribution in [0, 0.1) is 11.5 Å². The van der Waals surface area contributed by atoms with Crippen molar-refractivity contribution < 1.29 is 0 Å². The monoisotopic (exact) mass is 266 g/mol. The fourth-order valence-electron chi connectivity index (χ4n) is 1.90. The average Bonchev–Trinajstić information content (AvgIpc) is 2.85. The van der Waals surface area contributed by atoms with Gasteiger partial charge in [0, 0.05) is 12.6 Å². The molecule has 2 N–H and O–H groups in total. The molecule has 1 aromatic carbocycles. The fourth-order valence-corrected chi connectivity index (χ4v) is 1.90. The predicted molar refractivity (Wildman–Crippen MR) is 74.0 cm³/mol. The van der Waals surface area contributed by atoms with E-state index in [4.69, 9.17) is 5.26 Å². The number of nitrogens with zero attached hydrogens (tertiary/aromatic N) is 4. The minimum absolute atomic E-state index is 0.241. The van der Waals surface area contributed by atoms with Crippen LogP contribution in [0.15, 0.2) is 35.1 Å². The molecule has 0 saturated heterocycles. The third kappa shape index (κ3) is 1.99. The average molecular weight is 266 g/mol. The molecule has 0 aliphatic carbocycles. The van der Waals surface area contributed by atoms with Gasteiger partial charge >= 0.3 is 5.69 Å². The Morgan fingerprint density at radius 1 is 1.15 bits per heavy atom. The first-order valence-electron chi connectivity index (χ1n) is 5.87. The van der Waals surface area contributed by atoms with Gasteiger partial charge in [0.05, 0.1) is 16.7 Å². The van der Waals surface area contributed by atoms with Crippen molar-refractivity contribution in [2.75, 3.05) is 11.9 Å². The molecule has 20 heavy (non-hydrogen) atoms. The van der Waals surface area contributed by atoms with Crippen molar-refractivity contribution in [2.45, 2.75) is 0 Å². The number of hydrogen-bond acceptors (Lipinski definition) is 5. The summed E-state index contributed by atoms with van der Waals surface area (Å²) in [7, 11) is 1.61. The molecule has 3 aromatic rings. The van der Waals surface area contributed by atoms with Crippen LogP contribution >= 0.6 is 0 Å². The molecule has 2 heterocycles. The van der Waals surface area contributed by atoms with Gasteiger partial charge in [0.25, 0.3) is 0 Å². The number of fused-ring (bicyclic) bond motifs is 1. The highest BCUT2D eigenvalue weighted by Crippen LogP contribution is 2.21. The summed E-state index contributed by atoms with van der Waals surface area (Å²) in [6.07, 6.45) is 1.95. The Morgan fingerprint density at radius 3 is 2.65 bits per heavy atom. The van der Waals surface area contributed by atoms with Crippen molar-refractivity contribution in [1.29, 1.82) is 5.26 Å². The fraction of sp³-hybridized carbons (Fsp3) is 0.0769. The van der Waals surface area contributed by atoms with Gasteiger partial charge in [0.2, 0.25) is 0 Å². The van der Waals surface area contributed by atoms with E-state index in [1.807, 2.05) is 18.3 Å². The number of imidazole rings is 1. The first kappa shape index (κ1) is 11.9. The molecule has 0 spiro atoms. The van der Waals surface area contributed by atoms with Gasteiger partial charge in [-0.05, 0) is 24.3 Å². The molecule has 7 nitrogen and oxygen atoms in total. The zero-order valence-corrected chi connectivity index (χ0v) is 10.6. The maximum atomic E-state index is 11.2. The SMILES string of the molecule is CN(C#N)c1ccc(-c2ccc3[nH]c(=O)[nH]c3c2)nn1. The standard InChI is InChI=1S/C13H10N6O/c1-19(7-14)12-5-4-9(17-18-12)8-2-3-10-11(6-8)16-13(20)15-10/h2-6H,1H3,(H2,15,16,20). The van der Waals surface area contributed by atoms with Gasteiger partial charge in [-0.2, -0.15) is 5.26 Å². The van der Waals surface area contributed by atoms with E-state index in [0.717, 1.165) is 11.1 Å². The van der Waals surface area contributed by atoms with Crippen LogP contribution in [-0.2, 0) is 0 Å². The maximum Gasteiger partial charge on any atom is 0.323 e. The Labute approximate surface area is 113 Å². The summed E-state index contributed by atoms with van der Waals surface area (Å²) in [6.45, 7) is 0. The van der Waals surface area contributed by atoms with Crippen molar-refractivity contribution in [3.8, 4) is 17.5 Å². The van der Waals surface area contributed by atoms with Gasteiger partial charge in [-0.15, -0.1) is 10.2 Å². The van der Waals surface area contributed by atoms with Crippen molar-refractivity contribution in [3.05, 3.63) is 40.8 Å².